The fourth-order valence-electron chi connectivity index (χ4n) is 6.97. The van der Waals surface area contributed by atoms with Gasteiger partial charge in [-0.1, -0.05) is 96.1 Å². The van der Waals surface area contributed by atoms with E-state index in [9.17, 15) is 19.2 Å². The average molecular weight is 1070 g/mol. The predicted molar refractivity (Wildman–Crippen MR) is 297 cm³/mol. The molecule has 0 bridgehead atoms. The molecule has 6 aromatic rings. The third-order valence-corrected chi connectivity index (χ3v) is 10.4. The number of carbonyl (C=O) groups is 5. The Morgan fingerprint density at radius 3 is 1.60 bits per heavy atom. The first-order valence-corrected chi connectivity index (χ1v) is 23.7. The van der Waals surface area contributed by atoms with E-state index in [2.05, 4.69) is 73.9 Å². The van der Waals surface area contributed by atoms with Gasteiger partial charge in [-0.2, -0.15) is 19.9 Å². The zero-order chi connectivity index (χ0) is 53.8. The van der Waals surface area contributed by atoms with E-state index in [1.54, 1.807) is 30.6 Å². The standard InChI is InChI=1S/C24H28N6O2.C19H22N4O3.C5H6N2.C2H3BO2.C2H4O2.2CH4.Na.H/c1-2-3-11-32-24-28-22(25)20-13-19(31)16-30(23(20)29-24)15-18-8-6-7-17(12-18)14-27-21-9-4-5-10-26-21;1-2-3-7-26-19-21-17(20)16-9-15(25)11-23(18(16)22-19)10-13-5-4-6-14(8-13)12-24;6-5-3-1-2-4-7-5;1-2(4)5-3;1-2(3)4;;;;/h4-10,12H,2-3,11,13-16H2,1H3,(H,26,27)(H2,25,28,29);4-6,8,12H,2-3,7,9-11H2,1H3,(H2,20,21,22);1-4H,(H2,6,7);1H3;1H3,(H,3,4);2*1H4;;/q;;;;;;;+1;-1. The van der Waals surface area contributed by atoms with Crippen LogP contribution >= 0.6 is 0 Å². The molecule has 0 saturated carbocycles. The Balaban J connectivity index is 0.00000115. The molecule has 2 radical (unpaired) electrons. The summed E-state index contributed by atoms with van der Waals surface area (Å²) in [5, 5.41) is 10.7. The minimum Gasteiger partial charge on any atom is -1.00 e. The van der Waals surface area contributed by atoms with Crippen molar-refractivity contribution in [2.75, 3.05) is 58.6 Å². The summed E-state index contributed by atoms with van der Waals surface area (Å²) in [5.41, 5.74) is 22.5. The molecule has 6 heterocycles. The molecule has 2 aliphatic heterocycles. The van der Waals surface area contributed by atoms with Gasteiger partial charge >= 0.3 is 49.6 Å². The van der Waals surface area contributed by atoms with Gasteiger partial charge in [0.2, 0.25) is 0 Å². The number of benzene rings is 2. The molecule has 23 heteroatoms. The molecule has 0 spiro atoms. The van der Waals surface area contributed by atoms with Crippen molar-refractivity contribution < 1.29 is 74.2 Å². The molecule has 77 heavy (non-hydrogen) atoms. The summed E-state index contributed by atoms with van der Waals surface area (Å²) < 4.78 is 14.9. The fourth-order valence-corrected chi connectivity index (χ4v) is 6.97. The number of ketones is 2. The van der Waals surface area contributed by atoms with E-state index in [0.29, 0.717) is 72.8 Å². The Morgan fingerprint density at radius 1 is 0.714 bits per heavy atom. The van der Waals surface area contributed by atoms with E-state index in [1.165, 1.54) is 6.92 Å². The fraction of sp³-hybridized carbons (Fsp3) is 0.352. The first-order chi connectivity index (χ1) is 35.6. The number of aliphatic carboxylic acids is 1. The van der Waals surface area contributed by atoms with Crippen LogP contribution in [0.3, 0.4) is 0 Å². The summed E-state index contributed by atoms with van der Waals surface area (Å²) in [7, 11) is 4.32. The summed E-state index contributed by atoms with van der Waals surface area (Å²) in [5.74, 6) is 2.15. The van der Waals surface area contributed by atoms with Gasteiger partial charge in [-0.25, -0.2) is 9.97 Å². The van der Waals surface area contributed by atoms with E-state index < -0.39 is 11.9 Å². The molecule has 406 valence electrons. The number of hydrogen-bond acceptors (Lipinski definition) is 20. The van der Waals surface area contributed by atoms with Crippen molar-refractivity contribution in [1.82, 2.24) is 29.9 Å². The molecule has 0 saturated heterocycles. The number of fused-ring (bicyclic) bond motifs is 2. The second kappa shape index (κ2) is 36.3. The van der Waals surface area contributed by atoms with E-state index in [4.69, 9.17) is 36.6 Å². The van der Waals surface area contributed by atoms with Gasteiger partial charge in [-0.15, -0.1) is 0 Å². The topological polar surface area (TPSA) is 307 Å². The van der Waals surface area contributed by atoms with Crippen LogP contribution in [0.15, 0.2) is 97.3 Å². The average Bonchev–Trinajstić information content (AvgIpc) is 3.38. The zero-order valence-corrected chi connectivity index (χ0v) is 45.1. The van der Waals surface area contributed by atoms with Crippen LogP contribution in [-0.4, -0.2) is 99.2 Å². The van der Waals surface area contributed by atoms with E-state index in [0.717, 1.165) is 61.4 Å². The second-order valence-corrected chi connectivity index (χ2v) is 16.6. The third-order valence-electron chi connectivity index (χ3n) is 10.4. The van der Waals surface area contributed by atoms with Crippen molar-refractivity contribution in [2.45, 2.75) is 101 Å². The largest absolute Gasteiger partial charge is 1.00 e. The van der Waals surface area contributed by atoms with Crippen molar-refractivity contribution in [3.8, 4) is 12.0 Å². The Kier molecular flexibility index (Phi) is 31.8. The van der Waals surface area contributed by atoms with Crippen LogP contribution in [0.25, 0.3) is 0 Å². The summed E-state index contributed by atoms with van der Waals surface area (Å²) in [6, 6.07) is 27.2. The molecular formula is C54H72BN12NaO9. The van der Waals surface area contributed by atoms with Crippen molar-refractivity contribution in [3.05, 3.63) is 131 Å². The monoisotopic (exact) mass is 1070 g/mol. The van der Waals surface area contributed by atoms with Crippen LogP contribution in [0.4, 0.5) is 34.9 Å². The van der Waals surface area contributed by atoms with Gasteiger partial charge in [0.15, 0.2) is 11.6 Å². The predicted octanol–water partition coefficient (Wildman–Crippen LogP) is 4.34. The second-order valence-electron chi connectivity index (χ2n) is 16.6. The molecule has 8 N–H and O–H groups in total. The normalized spacial score (nSPS) is 11.5. The molecule has 0 amide bonds. The maximum atomic E-state index is 12.4. The van der Waals surface area contributed by atoms with Gasteiger partial charge < -0.3 is 53.0 Å². The molecule has 0 aliphatic carbocycles. The van der Waals surface area contributed by atoms with Gasteiger partial charge in [0.25, 0.3) is 11.9 Å². The summed E-state index contributed by atoms with van der Waals surface area (Å²) in [4.78, 5) is 83.4. The Labute approximate surface area is 476 Å². The number of nitrogens with zero attached hydrogens (tertiary/aromatic N) is 8. The van der Waals surface area contributed by atoms with Gasteiger partial charge in [0.05, 0.1) is 26.3 Å². The molecule has 0 fully saturated rings. The molecule has 8 rings (SSSR count). The minimum absolute atomic E-state index is 0. The third kappa shape index (κ3) is 24.2. The number of rotatable bonds is 16. The van der Waals surface area contributed by atoms with Crippen molar-refractivity contribution in [1.29, 1.82) is 0 Å². The van der Waals surface area contributed by atoms with Crippen LogP contribution in [0.1, 0.15) is 108 Å². The molecule has 2 aromatic carbocycles. The number of Topliss-reactive ketones (excluding diaryl/α,β-unsaturated/α-hetero) is 2. The Hall–Kier alpha value is -7.69. The number of aromatic nitrogens is 6. The first kappa shape index (κ1) is 67.3. The number of nitrogen functional groups attached to an aromatic ring is 3. The van der Waals surface area contributed by atoms with Crippen molar-refractivity contribution in [2.24, 2.45) is 0 Å². The summed E-state index contributed by atoms with van der Waals surface area (Å²) in [6.07, 6.45) is 8.55. The molecular weight excluding hydrogens is 994 g/mol. The van der Waals surface area contributed by atoms with Crippen LogP contribution in [0.5, 0.6) is 12.0 Å². The van der Waals surface area contributed by atoms with E-state index >= 15 is 0 Å². The SMILES string of the molecule is C.C.CC(=O)O.CCCCOc1nc(N)c2c(n1)N(Cc1cccc(C=O)c1)CC(=O)C2.CCCCOc1nc(N)c2c(n1)N(Cc1cccc(CNc3ccccn3)c1)CC(=O)C2.Nc1ccccn1.[B]OC(C)=O.[H-].[Na+]. The molecule has 0 atom stereocenters. The molecule has 2 aliphatic rings. The molecule has 21 nitrogen and oxygen atoms in total. The summed E-state index contributed by atoms with van der Waals surface area (Å²) in [6.45, 7) is 9.73. The smallest absolute Gasteiger partial charge is 1.00 e. The number of nitrogens with one attached hydrogen (secondary N) is 1. The quantitative estimate of drug-likeness (QED) is 0.0512. The van der Waals surface area contributed by atoms with Crippen molar-refractivity contribution >= 4 is 72.7 Å². The Morgan fingerprint density at radius 2 is 1.18 bits per heavy atom. The number of nitrogens with two attached hydrogens (primary N) is 3. The van der Waals surface area contributed by atoms with E-state index in [-0.39, 0.29) is 101 Å². The number of carbonyl (C=O) groups excluding carboxylic acids is 4. The van der Waals surface area contributed by atoms with Crippen LogP contribution in [0.2, 0.25) is 0 Å². The summed E-state index contributed by atoms with van der Waals surface area (Å²) >= 11 is 0. The van der Waals surface area contributed by atoms with E-state index in [1.807, 2.05) is 64.4 Å². The number of unbranched alkanes of at least 4 members (excludes halogenated alkanes) is 2. The van der Waals surface area contributed by atoms with Crippen LogP contribution in [0, 0.1) is 0 Å². The van der Waals surface area contributed by atoms with Gasteiger partial charge in [-0.3, -0.25) is 24.0 Å². The number of anilines is 6. The number of aldehydes is 1. The van der Waals surface area contributed by atoms with Crippen LogP contribution < -0.4 is 71.3 Å². The minimum atomic E-state index is -0.833. The van der Waals surface area contributed by atoms with Gasteiger partial charge in [0.1, 0.15) is 41.2 Å². The molecule has 0 unspecified atom stereocenters. The Bertz CT molecular complexity index is 2770. The van der Waals surface area contributed by atoms with Gasteiger partial charge in [0, 0.05) is 75.4 Å². The number of ether oxygens (including phenoxy) is 2. The van der Waals surface area contributed by atoms with Crippen LogP contribution in [-0.2, 0) is 56.3 Å². The first-order valence-electron chi connectivity index (χ1n) is 23.7. The van der Waals surface area contributed by atoms with Gasteiger partial charge in [-0.05, 0) is 59.9 Å². The maximum absolute atomic E-state index is 12.4. The zero-order valence-electron chi connectivity index (χ0n) is 44.1. The number of carboxylic acid groups (broad SMARTS) is 1. The van der Waals surface area contributed by atoms with Crippen molar-refractivity contribution in [3.63, 3.8) is 0 Å². The number of pyridine rings is 2. The number of hydrogen-bond donors (Lipinski definition) is 5. The number of carboxylic acids is 1. The maximum Gasteiger partial charge on any atom is 1.00 e. The molecule has 4 aromatic heterocycles.